The minimum atomic E-state index is 0.661. The SMILES string of the molecule is Cc1ccc2c(c1C)C=CC(C)C2C. The van der Waals surface area contributed by atoms with E-state index < -0.39 is 0 Å². The lowest BCUT2D eigenvalue weighted by Gasteiger charge is -2.25. The van der Waals surface area contributed by atoms with Gasteiger partial charge in [0.25, 0.3) is 0 Å². The van der Waals surface area contributed by atoms with Gasteiger partial charge in [-0.2, -0.15) is 0 Å². The van der Waals surface area contributed by atoms with Crippen LogP contribution in [0.15, 0.2) is 18.2 Å². The molecule has 0 fully saturated rings. The summed E-state index contributed by atoms with van der Waals surface area (Å²) in [6, 6.07) is 4.54. The third kappa shape index (κ3) is 1.30. The van der Waals surface area contributed by atoms with Crippen LogP contribution in [-0.2, 0) is 0 Å². The van der Waals surface area contributed by atoms with Crippen LogP contribution in [0.1, 0.15) is 42.0 Å². The molecule has 0 N–H and O–H groups in total. The highest BCUT2D eigenvalue weighted by Crippen LogP contribution is 2.35. The van der Waals surface area contributed by atoms with E-state index in [9.17, 15) is 0 Å². The molecule has 0 nitrogen and oxygen atoms in total. The van der Waals surface area contributed by atoms with E-state index in [0.717, 1.165) is 0 Å². The third-order valence-electron chi connectivity index (χ3n) is 3.67. The first-order chi connectivity index (χ1) is 6.61. The Bertz CT molecular complexity index is 385. The molecule has 2 atom stereocenters. The van der Waals surface area contributed by atoms with Crippen LogP contribution >= 0.6 is 0 Å². The molecule has 14 heavy (non-hydrogen) atoms. The first-order valence-electron chi connectivity index (χ1n) is 5.39. The lowest BCUT2D eigenvalue weighted by molar-refractivity contribution is 0.585. The summed E-state index contributed by atoms with van der Waals surface area (Å²) < 4.78 is 0. The summed E-state index contributed by atoms with van der Waals surface area (Å²) in [7, 11) is 0. The molecule has 1 aliphatic rings. The van der Waals surface area contributed by atoms with Crippen LogP contribution in [0.3, 0.4) is 0 Å². The summed E-state index contributed by atoms with van der Waals surface area (Å²) in [5, 5.41) is 0. The molecule has 1 aliphatic carbocycles. The Labute approximate surface area is 86.7 Å². The van der Waals surface area contributed by atoms with Crippen molar-refractivity contribution >= 4 is 6.08 Å². The van der Waals surface area contributed by atoms with Gasteiger partial charge in [0, 0.05) is 0 Å². The zero-order valence-electron chi connectivity index (χ0n) is 9.46. The standard InChI is InChI=1S/C14H18/c1-9-5-7-14-12(4)10(2)6-8-13(14)11(9)3/h5-9,11H,1-4H3. The molecule has 0 saturated heterocycles. The molecule has 0 heteroatoms. The first kappa shape index (κ1) is 9.51. The Kier molecular flexibility index (Phi) is 2.22. The number of aryl methyl sites for hydroxylation is 1. The number of benzene rings is 1. The molecule has 0 aromatic heterocycles. The van der Waals surface area contributed by atoms with Gasteiger partial charge in [-0.25, -0.2) is 0 Å². The Morgan fingerprint density at radius 3 is 2.50 bits per heavy atom. The van der Waals surface area contributed by atoms with Crippen molar-refractivity contribution in [2.24, 2.45) is 5.92 Å². The van der Waals surface area contributed by atoms with Crippen LogP contribution in [0, 0.1) is 19.8 Å². The quantitative estimate of drug-likeness (QED) is 0.573. The lowest BCUT2D eigenvalue weighted by atomic mass is 9.79. The van der Waals surface area contributed by atoms with Crippen LogP contribution in [0.4, 0.5) is 0 Å². The van der Waals surface area contributed by atoms with Crippen molar-refractivity contribution in [1.82, 2.24) is 0 Å². The van der Waals surface area contributed by atoms with Gasteiger partial charge in [-0.3, -0.25) is 0 Å². The van der Waals surface area contributed by atoms with Crippen LogP contribution in [0.25, 0.3) is 6.08 Å². The molecule has 0 heterocycles. The second-order valence-electron chi connectivity index (χ2n) is 4.52. The largest absolute Gasteiger partial charge is 0.0805 e. The molecule has 1 aromatic carbocycles. The molecule has 0 radical (unpaired) electrons. The Morgan fingerprint density at radius 2 is 1.79 bits per heavy atom. The molecule has 0 aliphatic heterocycles. The van der Waals surface area contributed by atoms with Crippen LogP contribution in [0.5, 0.6) is 0 Å². The van der Waals surface area contributed by atoms with Gasteiger partial charge < -0.3 is 0 Å². The maximum Gasteiger partial charge on any atom is -0.0124 e. The first-order valence-corrected chi connectivity index (χ1v) is 5.39. The van der Waals surface area contributed by atoms with E-state index in [4.69, 9.17) is 0 Å². The molecule has 2 unspecified atom stereocenters. The molecular formula is C14H18. The van der Waals surface area contributed by atoms with E-state index in [1.807, 2.05) is 0 Å². The highest BCUT2D eigenvalue weighted by molar-refractivity contribution is 5.63. The van der Waals surface area contributed by atoms with Crippen molar-refractivity contribution < 1.29 is 0 Å². The summed E-state index contributed by atoms with van der Waals surface area (Å²) in [5.41, 5.74) is 5.81. The fourth-order valence-corrected chi connectivity index (χ4v) is 2.17. The Balaban J connectivity index is 2.62. The van der Waals surface area contributed by atoms with Gasteiger partial charge in [-0.1, -0.05) is 38.1 Å². The Hall–Kier alpha value is -1.04. The van der Waals surface area contributed by atoms with Crippen LogP contribution in [0.2, 0.25) is 0 Å². The van der Waals surface area contributed by atoms with Gasteiger partial charge in [0.05, 0.1) is 0 Å². The van der Waals surface area contributed by atoms with E-state index in [1.54, 1.807) is 0 Å². The second kappa shape index (κ2) is 3.27. The molecule has 0 spiro atoms. The molecule has 2 rings (SSSR count). The highest BCUT2D eigenvalue weighted by atomic mass is 14.2. The van der Waals surface area contributed by atoms with Gasteiger partial charge in [0.15, 0.2) is 0 Å². The van der Waals surface area contributed by atoms with Crippen molar-refractivity contribution in [1.29, 1.82) is 0 Å². The predicted molar refractivity (Wildman–Crippen MR) is 62.5 cm³/mol. The summed E-state index contributed by atoms with van der Waals surface area (Å²) in [4.78, 5) is 0. The van der Waals surface area contributed by atoms with E-state index in [0.29, 0.717) is 11.8 Å². The number of hydrogen-bond donors (Lipinski definition) is 0. The zero-order chi connectivity index (χ0) is 10.3. The van der Waals surface area contributed by atoms with Crippen molar-refractivity contribution in [3.8, 4) is 0 Å². The normalized spacial score (nSPS) is 24.9. The fraction of sp³-hybridized carbons (Fsp3) is 0.429. The monoisotopic (exact) mass is 186 g/mol. The molecule has 0 amide bonds. The zero-order valence-corrected chi connectivity index (χ0v) is 9.46. The maximum absolute atomic E-state index is 2.33. The van der Waals surface area contributed by atoms with Gasteiger partial charge in [0.2, 0.25) is 0 Å². The average molecular weight is 186 g/mol. The summed E-state index contributed by atoms with van der Waals surface area (Å²) >= 11 is 0. The summed E-state index contributed by atoms with van der Waals surface area (Å²) in [6.45, 7) is 9.02. The molecule has 0 saturated carbocycles. The van der Waals surface area contributed by atoms with Gasteiger partial charge >= 0.3 is 0 Å². The maximum atomic E-state index is 2.33. The topological polar surface area (TPSA) is 0 Å². The fourth-order valence-electron chi connectivity index (χ4n) is 2.17. The molecule has 1 aromatic rings. The minimum Gasteiger partial charge on any atom is -0.0805 e. The van der Waals surface area contributed by atoms with Crippen LogP contribution in [-0.4, -0.2) is 0 Å². The minimum absolute atomic E-state index is 0.661. The van der Waals surface area contributed by atoms with E-state index in [2.05, 4.69) is 52.0 Å². The number of rotatable bonds is 0. The van der Waals surface area contributed by atoms with Crippen LogP contribution < -0.4 is 0 Å². The van der Waals surface area contributed by atoms with Crippen molar-refractivity contribution in [2.75, 3.05) is 0 Å². The smallest absolute Gasteiger partial charge is 0.0124 e. The van der Waals surface area contributed by atoms with Gasteiger partial charge in [-0.05, 0) is 47.9 Å². The van der Waals surface area contributed by atoms with Crippen molar-refractivity contribution in [3.63, 3.8) is 0 Å². The van der Waals surface area contributed by atoms with E-state index in [-0.39, 0.29) is 0 Å². The highest BCUT2D eigenvalue weighted by Gasteiger charge is 2.19. The summed E-state index contributed by atoms with van der Waals surface area (Å²) in [5.74, 6) is 1.33. The van der Waals surface area contributed by atoms with Gasteiger partial charge in [-0.15, -0.1) is 0 Å². The Morgan fingerprint density at radius 1 is 1.07 bits per heavy atom. The molecular weight excluding hydrogens is 168 g/mol. The van der Waals surface area contributed by atoms with E-state index in [1.165, 1.54) is 22.3 Å². The predicted octanol–water partition coefficient (Wildman–Crippen LogP) is 4.07. The summed E-state index contributed by atoms with van der Waals surface area (Å²) in [6.07, 6.45) is 4.63. The van der Waals surface area contributed by atoms with Crippen molar-refractivity contribution in [2.45, 2.75) is 33.6 Å². The molecule has 74 valence electrons. The number of fused-ring (bicyclic) bond motifs is 1. The number of allylic oxidation sites excluding steroid dienone is 1. The van der Waals surface area contributed by atoms with Crippen molar-refractivity contribution in [3.05, 3.63) is 40.5 Å². The second-order valence-corrected chi connectivity index (χ2v) is 4.52. The lowest BCUT2D eigenvalue weighted by Crippen LogP contribution is -2.10. The average Bonchev–Trinajstić information content (AvgIpc) is 2.17. The molecule has 0 bridgehead atoms. The number of hydrogen-bond acceptors (Lipinski definition) is 0. The van der Waals surface area contributed by atoms with Gasteiger partial charge in [0.1, 0.15) is 0 Å². The van der Waals surface area contributed by atoms with E-state index >= 15 is 0 Å². The third-order valence-corrected chi connectivity index (χ3v) is 3.67.